The summed E-state index contributed by atoms with van der Waals surface area (Å²) < 4.78 is 52.8. The van der Waals surface area contributed by atoms with Crippen molar-refractivity contribution in [2.24, 2.45) is 0 Å². The minimum atomic E-state index is -4.71. The zero-order valence-electron chi connectivity index (χ0n) is 18.3. The molecule has 0 bridgehead atoms. The van der Waals surface area contributed by atoms with Gasteiger partial charge in [0.25, 0.3) is 5.91 Å². The summed E-state index contributed by atoms with van der Waals surface area (Å²) in [5.41, 5.74) is -0.0740. The molecule has 1 aromatic carbocycles. The summed E-state index contributed by atoms with van der Waals surface area (Å²) >= 11 is 0. The van der Waals surface area contributed by atoms with Crippen molar-refractivity contribution in [3.8, 4) is 17.0 Å². The molecule has 11 heteroatoms. The predicted octanol–water partition coefficient (Wildman–Crippen LogP) is 4.70. The molecule has 0 aliphatic carbocycles. The van der Waals surface area contributed by atoms with Gasteiger partial charge < -0.3 is 14.2 Å². The van der Waals surface area contributed by atoms with Gasteiger partial charge in [0.1, 0.15) is 17.2 Å². The van der Waals surface area contributed by atoms with Gasteiger partial charge in [-0.25, -0.2) is 9.50 Å². The van der Waals surface area contributed by atoms with Gasteiger partial charge in [-0.1, -0.05) is 17.3 Å². The summed E-state index contributed by atoms with van der Waals surface area (Å²) in [7, 11) is 1.47. The van der Waals surface area contributed by atoms with Gasteiger partial charge in [0.2, 0.25) is 0 Å². The number of carbonyl (C=O) groups is 1. The SMILES string of the molecule is COc1cccc(-c2cc(C(F)(F)F)n3nc(C(=O)N4CCCC4c4cc(C)on4)cc3n2)c1. The van der Waals surface area contributed by atoms with Crippen LogP contribution in [0.15, 0.2) is 47.0 Å². The summed E-state index contributed by atoms with van der Waals surface area (Å²) in [4.78, 5) is 19.2. The summed E-state index contributed by atoms with van der Waals surface area (Å²) in [6, 6.07) is 10.2. The summed E-state index contributed by atoms with van der Waals surface area (Å²) in [5.74, 6) is 0.621. The third-order valence-corrected chi connectivity index (χ3v) is 5.80. The fourth-order valence-electron chi connectivity index (χ4n) is 4.22. The van der Waals surface area contributed by atoms with Gasteiger partial charge in [-0.15, -0.1) is 0 Å². The Kier molecular flexibility index (Phi) is 5.26. The van der Waals surface area contributed by atoms with Crippen molar-refractivity contribution >= 4 is 11.6 Å². The highest BCUT2D eigenvalue weighted by atomic mass is 19.4. The Morgan fingerprint density at radius 2 is 2.03 bits per heavy atom. The van der Waals surface area contributed by atoms with Crippen LogP contribution in [0.3, 0.4) is 0 Å². The van der Waals surface area contributed by atoms with Crippen LogP contribution in [0.2, 0.25) is 0 Å². The van der Waals surface area contributed by atoms with E-state index in [1.807, 2.05) is 0 Å². The highest BCUT2D eigenvalue weighted by Gasteiger charge is 2.37. The number of alkyl halides is 3. The number of hydrogen-bond donors (Lipinski definition) is 0. The lowest BCUT2D eigenvalue weighted by Crippen LogP contribution is -2.31. The van der Waals surface area contributed by atoms with Crippen molar-refractivity contribution in [2.45, 2.75) is 32.0 Å². The van der Waals surface area contributed by atoms with E-state index < -0.39 is 17.8 Å². The van der Waals surface area contributed by atoms with Crippen LogP contribution in [0.5, 0.6) is 5.75 Å². The maximum Gasteiger partial charge on any atom is 0.433 e. The Balaban J connectivity index is 1.57. The summed E-state index contributed by atoms with van der Waals surface area (Å²) in [5, 5.41) is 8.01. The molecule has 176 valence electrons. The Morgan fingerprint density at radius 3 is 2.74 bits per heavy atom. The highest BCUT2D eigenvalue weighted by molar-refractivity contribution is 5.94. The van der Waals surface area contributed by atoms with Crippen LogP contribution < -0.4 is 4.74 Å². The van der Waals surface area contributed by atoms with Gasteiger partial charge in [0.05, 0.1) is 18.8 Å². The summed E-state index contributed by atoms with van der Waals surface area (Å²) in [6.45, 7) is 2.20. The maximum absolute atomic E-state index is 13.9. The van der Waals surface area contributed by atoms with Crippen molar-refractivity contribution in [1.29, 1.82) is 0 Å². The molecular formula is C23H20F3N5O3. The zero-order valence-corrected chi connectivity index (χ0v) is 18.3. The van der Waals surface area contributed by atoms with E-state index in [2.05, 4.69) is 15.2 Å². The van der Waals surface area contributed by atoms with E-state index in [4.69, 9.17) is 9.26 Å². The third-order valence-electron chi connectivity index (χ3n) is 5.80. The largest absolute Gasteiger partial charge is 0.497 e. The molecule has 1 unspecified atom stereocenters. The number of likely N-dealkylation sites (tertiary alicyclic amines) is 1. The van der Waals surface area contributed by atoms with E-state index in [-0.39, 0.29) is 23.1 Å². The highest BCUT2D eigenvalue weighted by Crippen LogP contribution is 2.35. The monoisotopic (exact) mass is 471 g/mol. The van der Waals surface area contributed by atoms with Gasteiger partial charge in [0, 0.05) is 24.2 Å². The first-order valence-corrected chi connectivity index (χ1v) is 10.6. The Labute approximate surface area is 191 Å². The first-order chi connectivity index (χ1) is 16.2. The van der Waals surface area contributed by atoms with Gasteiger partial charge in [0.15, 0.2) is 17.0 Å². The van der Waals surface area contributed by atoms with Crippen molar-refractivity contribution in [3.05, 3.63) is 65.3 Å². The molecule has 4 aromatic rings. The van der Waals surface area contributed by atoms with E-state index in [9.17, 15) is 18.0 Å². The van der Waals surface area contributed by atoms with E-state index in [1.54, 1.807) is 42.2 Å². The van der Waals surface area contributed by atoms with Crippen LogP contribution in [-0.2, 0) is 6.18 Å². The molecule has 0 radical (unpaired) electrons. The van der Waals surface area contributed by atoms with Crippen LogP contribution >= 0.6 is 0 Å². The first kappa shape index (κ1) is 21.9. The van der Waals surface area contributed by atoms with Crippen molar-refractivity contribution in [2.75, 3.05) is 13.7 Å². The molecule has 1 aliphatic rings. The molecule has 1 aliphatic heterocycles. The topological polar surface area (TPSA) is 85.8 Å². The second-order valence-electron chi connectivity index (χ2n) is 8.07. The number of halogens is 3. The quantitative estimate of drug-likeness (QED) is 0.429. The standard InChI is InChI=1S/C23H20F3N5O3/c1-13-9-17(29-34-13)19-7-4-8-30(19)22(32)18-12-21-27-16(14-5-3-6-15(10-14)33-2)11-20(23(24,25)26)31(21)28-18/h3,5-6,9-12,19H,4,7-8H2,1-2H3. The molecule has 0 spiro atoms. The van der Waals surface area contributed by atoms with Crippen molar-refractivity contribution in [3.63, 3.8) is 0 Å². The number of benzene rings is 1. The van der Waals surface area contributed by atoms with Gasteiger partial charge >= 0.3 is 6.18 Å². The summed E-state index contributed by atoms with van der Waals surface area (Å²) in [6.07, 6.45) is -3.30. The van der Waals surface area contributed by atoms with Gasteiger partial charge in [-0.05, 0) is 38.0 Å². The molecule has 0 saturated carbocycles. The molecule has 1 atom stereocenters. The molecule has 34 heavy (non-hydrogen) atoms. The number of amides is 1. The first-order valence-electron chi connectivity index (χ1n) is 10.6. The molecule has 1 amide bonds. The fraction of sp³-hybridized carbons (Fsp3) is 0.304. The van der Waals surface area contributed by atoms with Crippen LogP contribution in [0.4, 0.5) is 13.2 Å². The average molecular weight is 471 g/mol. The molecule has 3 aromatic heterocycles. The van der Waals surface area contributed by atoms with E-state index in [1.165, 1.54) is 13.2 Å². The number of rotatable bonds is 4. The second kappa shape index (κ2) is 8.15. The number of aryl methyl sites for hydroxylation is 1. The number of ether oxygens (including phenoxy) is 1. The Morgan fingerprint density at radius 1 is 1.21 bits per heavy atom. The number of nitrogens with zero attached hydrogens (tertiary/aromatic N) is 5. The molecule has 8 nitrogen and oxygen atoms in total. The van der Waals surface area contributed by atoms with Crippen LogP contribution in [0.1, 0.15) is 46.5 Å². The van der Waals surface area contributed by atoms with Crippen molar-refractivity contribution < 1.29 is 27.2 Å². The molecular weight excluding hydrogens is 451 g/mol. The van der Waals surface area contributed by atoms with E-state index in [0.29, 0.717) is 40.2 Å². The molecule has 4 heterocycles. The lowest BCUT2D eigenvalue weighted by Gasteiger charge is -2.21. The molecule has 0 N–H and O–H groups in total. The number of methoxy groups -OCH3 is 1. The third kappa shape index (κ3) is 3.87. The number of fused-ring (bicyclic) bond motifs is 1. The molecule has 5 rings (SSSR count). The predicted molar refractivity (Wildman–Crippen MR) is 114 cm³/mol. The van der Waals surface area contributed by atoms with Crippen LogP contribution in [0.25, 0.3) is 16.9 Å². The average Bonchev–Trinajstić information content (AvgIpc) is 3.56. The lowest BCUT2D eigenvalue weighted by atomic mass is 10.1. The van der Waals surface area contributed by atoms with E-state index >= 15 is 0 Å². The number of hydrogen-bond acceptors (Lipinski definition) is 6. The van der Waals surface area contributed by atoms with Crippen molar-refractivity contribution in [1.82, 2.24) is 24.7 Å². The van der Waals surface area contributed by atoms with Gasteiger partial charge in [-0.2, -0.15) is 18.3 Å². The second-order valence-corrected chi connectivity index (χ2v) is 8.07. The Hall–Kier alpha value is -3.89. The molecule has 1 fully saturated rings. The number of carbonyl (C=O) groups excluding carboxylic acids is 1. The van der Waals surface area contributed by atoms with E-state index in [0.717, 1.165) is 12.5 Å². The normalized spacial score (nSPS) is 16.4. The van der Waals surface area contributed by atoms with Crippen LogP contribution in [0, 0.1) is 6.92 Å². The van der Waals surface area contributed by atoms with Crippen LogP contribution in [-0.4, -0.2) is 44.2 Å². The zero-order chi connectivity index (χ0) is 24.0. The smallest absolute Gasteiger partial charge is 0.433 e. The maximum atomic E-state index is 13.9. The Bertz CT molecular complexity index is 1380. The fourth-order valence-corrected chi connectivity index (χ4v) is 4.22. The molecule has 1 saturated heterocycles. The number of aromatic nitrogens is 4. The minimum absolute atomic E-state index is 0.0796. The van der Waals surface area contributed by atoms with Gasteiger partial charge in [-0.3, -0.25) is 4.79 Å². The lowest BCUT2D eigenvalue weighted by molar-refractivity contribution is -0.142. The minimum Gasteiger partial charge on any atom is -0.497 e.